The molecular weight excluding hydrogens is 230 g/mol. The summed E-state index contributed by atoms with van der Waals surface area (Å²) in [6.45, 7) is 0. The molecule has 0 saturated heterocycles. The fraction of sp³-hybridized carbons (Fsp3) is 0.333. The van der Waals surface area contributed by atoms with Gasteiger partial charge in [0.15, 0.2) is 12.0 Å². The van der Waals surface area contributed by atoms with Crippen LogP contribution in [0.2, 0.25) is 0 Å². The largest absolute Gasteiger partial charge is 0.341 e. The predicted molar refractivity (Wildman–Crippen MR) is 38.9 cm³/mol. The summed E-state index contributed by atoms with van der Waals surface area (Å²) >= 11 is 4.93. The number of hydrogen-bond donors (Lipinski definition) is 0. The second kappa shape index (κ2) is 3.56. The highest BCUT2D eigenvalue weighted by atomic mass is 35.5. The van der Waals surface area contributed by atoms with E-state index in [-0.39, 0.29) is 0 Å². The van der Waals surface area contributed by atoms with Gasteiger partial charge in [0, 0.05) is 0 Å². The lowest BCUT2D eigenvalue weighted by molar-refractivity contribution is -0.426. The predicted octanol–water partition coefficient (Wildman–Crippen LogP) is 2.55. The van der Waals surface area contributed by atoms with Crippen molar-refractivity contribution in [2.24, 2.45) is 0 Å². The molecule has 0 heterocycles. The van der Waals surface area contributed by atoms with Crippen LogP contribution in [0, 0.1) is 10.1 Å². The maximum atomic E-state index is 12.7. The van der Waals surface area contributed by atoms with Crippen LogP contribution in [-0.4, -0.2) is 16.5 Å². The van der Waals surface area contributed by atoms with Gasteiger partial charge in [-0.05, 0) is 0 Å². The average Bonchev–Trinajstić information content (AvgIpc) is 2.11. The van der Waals surface area contributed by atoms with Crippen LogP contribution in [0.4, 0.5) is 17.6 Å². The van der Waals surface area contributed by atoms with Gasteiger partial charge in [-0.15, -0.1) is 11.6 Å². The third-order valence-corrected chi connectivity index (χ3v) is 1.98. The van der Waals surface area contributed by atoms with E-state index in [4.69, 9.17) is 11.6 Å². The van der Waals surface area contributed by atoms with Gasteiger partial charge >= 0.3 is 5.70 Å². The zero-order chi connectivity index (χ0) is 11.0. The molecule has 1 aliphatic carbocycles. The molecule has 1 aliphatic rings. The van der Waals surface area contributed by atoms with Crippen LogP contribution in [0.15, 0.2) is 23.2 Å². The van der Waals surface area contributed by atoms with Gasteiger partial charge in [0.25, 0.3) is 0 Å². The van der Waals surface area contributed by atoms with E-state index in [2.05, 4.69) is 0 Å². The van der Waals surface area contributed by atoms with Gasteiger partial charge in [0.1, 0.15) is 5.38 Å². The quantitative estimate of drug-likeness (QED) is 0.301. The minimum Gasteiger partial charge on any atom is -0.258 e. The zero-order valence-corrected chi connectivity index (χ0v) is 7.06. The molecule has 8 heteroatoms. The summed E-state index contributed by atoms with van der Waals surface area (Å²) in [7, 11) is 0. The van der Waals surface area contributed by atoms with Crippen molar-refractivity contribution in [3.05, 3.63) is 33.3 Å². The number of halogens is 5. The summed E-state index contributed by atoms with van der Waals surface area (Å²) < 4.78 is 50.7. The molecular formula is C6H2ClF4NO2. The lowest BCUT2D eigenvalue weighted by atomic mass is 10.1. The molecule has 0 aliphatic heterocycles. The van der Waals surface area contributed by atoms with Gasteiger partial charge in [-0.2, -0.15) is 4.39 Å². The molecule has 14 heavy (non-hydrogen) atoms. The normalized spacial score (nSPS) is 28.4. The third kappa shape index (κ3) is 1.47. The van der Waals surface area contributed by atoms with Crippen LogP contribution in [0.5, 0.6) is 0 Å². The highest BCUT2D eigenvalue weighted by Gasteiger charge is 2.44. The fourth-order valence-electron chi connectivity index (χ4n) is 0.894. The van der Waals surface area contributed by atoms with Gasteiger partial charge in [-0.25, -0.2) is 13.2 Å². The lowest BCUT2D eigenvalue weighted by Crippen LogP contribution is -2.26. The maximum absolute atomic E-state index is 12.7. The van der Waals surface area contributed by atoms with Gasteiger partial charge in [-0.3, -0.25) is 10.1 Å². The first-order valence-corrected chi connectivity index (χ1v) is 3.69. The van der Waals surface area contributed by atoms with E-state index >= 15 is 0 Å². The summed E-state index contributed by atoms with van der Waals surface area (Å²) in [5.74, 6) is -5.94. The highest BCUT2D eigenvalue weighted by Crippen LogP contribution is 2.37. The Kier molecular flexibility index (Phi) is 2.79. The van der Waals surface area contributed by atoms with Gasteiger partial charge < -0.3 is 0 Å². The van der Waals surface area contributed by atoms with Crippen LogP contribution < -0.4 is 0 Å². The molecule has 0 aromatic carbocycles. The molecule has 1 rings (SSSR count). The highest BCUT2D eigenvalue weighted by molar-refractivity contribution is 6.23. The van der Waals surface area contributed by atoms with E-state index in [1.54, 1.807) is 0 Å². The van der Waals surface area contributed by atoms with Crippen molar-refractivity contribution in [1.29, 1.82) is 0 Å². The Morgan fingerprint density at radius 1 is 1.29 bits per heavy atom. The van der Waals surface area contributed by atoms with Crippen molar-refractivity contribution in [1.82, 2.24) is 0 Å². The smallest absolute Gasteiger partial charge is 0.258 e. The third-order valence-electron chi connectivity index (χ3n) is 1.57. The second-order valence-corrected chi connectivity index (χ2v) is 2.89. The molecule has 0 aromatic rings. The van der Waals surface area contributed by atoms with E-state index in [0.717, 1.165) is 0 Å². The molecule has 2 unspecified atom stereocenters. The number of nitro groups is 1. The van der Waals surface area contributed by atoms with Crippen LogP contribution >= 0.6 is 11.6 Å². The number of alkyl halides is 2. The van der Waals surface area contributed by atoms with Crippen LogP contribution in [-0.2, 0) is 0 Å². The minimum atomic E-state index is -2.74. The maximum Gasteiger partial charge on any atom is 0.341 e. The SMILES string of the molecule is O=[N+]([O-])C1=C(F)C(F)C(Cl)C(F)=C1F. The number of allylic oxidation sites excluding steroid dienone is 3. The van der Waals surface area contributed by atoms with Gasteiger partial charge in [0.2, 0.25) is 11.7 Å². The summed E-state index contributed by atoms with van der Waals surface area (Å²) in [4.78, 5) is 8.49. The molecule has 2 atom stereocenters. The zero-order valence-electron chi connectivity index (χ0n) is 6.31. The Morgan fingerprint density at radius 2 is 1.79 bits per heavy atom. The molecule has 0 aromatic heterocycles. The topological polar surface area (TPSA) is 43.1 Å². The summed E-state index contributed by atoms with van der Waals surface area (Å²) in [6.07, 6.45) is -2.74. The fourth-order valence-corrected chi connectivity index (χ4v) is 1.10. The monoisotopic (exact) mass is 231 g/mol. The van der Waals surface area contributed by atoms with E-state index in [0.29, 0.717) is 0 Å². The second-order valence-electron chi connectivity index (χ2n) is 2.42. The van der Waals surface area contributed by atoms with Crippen molar-refractivity contribution in [2.45, 2.75) is 11.5 Å². The molecule has 0 N–H and O–H groups in total. The lowest BCUT2D eigenvalue weighted by Gasteiger charge is -2.16. The molecule has 0 spiro atoms. The van der Waals surface area contributed by atoms with E-state index < -0.39 is 39.6 Å². The Labute approximate surface area is 79.8 Å². The van der Waals surface area contributed by atoms with E-state index in [1.165, 1.54) is 0 Å². The van der Waals surface area contributed by atoms with Crippen molar-refractivity contribution < 1.29 is 22.5 Å². The molecule has 0 bridgehead atoms. The summed E-state index contributed by atoms with van der Waals surface area (Å²) in [5, 5.41) is 7.83. The molecule has 78 valence electrons. The molecule has 0 amide bonds. The Balaban J connectivity index is 3.33. The Hall–Kier alpha value is -1.11. The first kappa shape index (κ1) is 11.0. The van der Waals surface area contributed by atoms with Gasteiger partial charge in [0.05, 0.1) is 4.92 Å². The molecule has 0 radical (unpaired) electrons. The summed E-state index contributed by atoms with van der Waals surface area (Å²) in [5.41, 5.74) is -1.84. The van der Waals surface area contributed by atoms with Crippen molar-refractivity contribution in [2.75, 3.05) is 0 Å². The van der Waals surface area contributed by atoms with Crippen LogP contribution in [0.25, 0.3) is 0 Å². The van der Waals surface area contributed by atoms with Crippen molar-refractivity contribution in [3.8, 4) is 0 Å². The molecule has 3 nitrogen and oxygen atoms in total. The number of hydrogen-bond acceptors (Lipinski definition) is 2. The molecule has 0 fully saturated rings. The van der Waals surface area contributed by atoms with Crippen LogP contribution in [0.1, 0.15) is 0 Å². The van der Waals surface area contributed by atoms with Gasteiger partial charge in [-0.1, -0.05) is 0 Å². The first-order valence-electron chi connectivity index (χ1n) is 3.25. The standard InChI is InChI=1S/C6H2ClF4NO2/c7-1-2(8)4(10)6(12(13)14)5(11)3(1)9/h1-2H. The average molecular weight is 232 g/mol. The van der Waals surface area contributed by atoms with Crippen LogP contribution in [0.3, 0.4) is 0 Å². The number of rotatable bonds is 1. The van der Waals surface area contributed by atoms with Crippen molar-refractivity contribution >= 4 is 11.6 Å². The summed E-state index contributed by atoms with van der Waals surface area (Å²) in [6, 6.07) is 0. The first-order chi connectivity index (χ1) is 6.37. The van der Waals surface area contributed by atoms with E-state index in [9.17, 15) is 27.7 Å². The molecule has 0 saturated carbocycles. The Morgan fingerprint density at radius 3 is 2.21 bits per heavy atom. The minimum absolute atomic E-state index is 1.54. The number of nitrogens with zero attached hydrogens (tertiary/aromatic N) is 1. The Bertz CT molecular complexity index is 354. The van der Waals surface area contributed by atoms with Crippen molar-refractivity contribution in [3.63, 3.8) is 0 Å². The van der Waals surface area contributed by atoms with E-state index in [1.807, 2.05) is 0 Å².